The SMILES string of the molecule is CC(C)C(NC(=O)C(Cc1ccccc1)NC(=O)CNC(=O)C(N)CCC(=O)O)C(=O)O. The molecular weight excluding hydrogens is 420 g/mol. The summed E-state index contributed by atoms with van der Waals surface area (Å²) in [5.74, 6) is -4.72. The van der Waals surface area contributed by atoms with Crippen molar-refractivity contribution >= 4 is 29.7 Å². The van der Waals surface area contributed by atoms with Gasteiger partial charge in [0, 0.05) is 12.8 Å². The Bertz CT molecular complexity index is 814. The zero-order valence-corrected chi connectivity index (χ0v) is 18.0. The first-order valence-corrected chi connectivity index (χ1v) is 10.1. The summed E-state index contributed by atoms with van der Waals surface area (Å²) in [6, 6.07) is 5.52. The van der Waals surface area contributed by atoms with Crippen LogP contribution in [0.2, 0.25) is 0 Å². The number of carbonyl (C=O) groups excluding carboxylic acids is 3. The van der Waals surface area contributed by atoms with Crippen LogP contribution in [0.25, 0.3) is 0 Å². The van der Waals surface area contributed by atoms with Crippen molar-refractivity contribution in [2.45, 2.75) is 51.2 Å². The third kappa shape index (κ3) is 9.56. The maximum absolute atomic E-state index is 12.7. The molecule has 0 radical (unpaired) electrons. The lowest BCUT2D eigenvalue weighted by molar-refractivity contribution is -0.143. The Morgan fingerprint density at radius 2 is 1.59 bits per heavy atom. The molecule has 0 fully saturated rings. The normalized spacial score (nSPS) is 13.5. The van der Waals surface area contributed by atoms with Crippen LogP contribution < -0.4 is 21.7 Å². The standard InChI is InChI=1S/C21H30N4O7/c1-12(2)18(21(31)32)25-20(30)15(10-13-6-4-3-5-7-13)24-16(26)11-23-19(29)14(22)8-9-17(27)28/h3-7,12,14-15,18H,8-11,22H2,1-2H3,(H,23,29)(H,24,26)(H,25,30)(H,27,28)(H,31,32). The van der Waals surface area contributed by atoms with Crippen LogP contribution in [-0.4, -0.2) is 64.5 Å². The van der Waals surface area contributed by atoms with Crippen LogP contribution in [0, 0.1) is 5.92 Å². The minimum absolute atomic E-state index is 0.0897. The molecular formula is C21H30N4O7. The predicted molar refractivity (Wildman–Crippen MR) is 114 cm³/mol. The van der Waals surface area contributed by atoms with Crippen LogP contribution in [0.1, 0.15) is 32.3 Å². The predicted octanol–water partition coefficient (Wildman–Crippen LogP) is -0.752. The van der Waals surface area contributed by atoms with Crippen molar-refractivity contribution in [1.82, 2.24) is 16.0 Å². The number of carboxylic acid groups (broad SMARTS) is 2. The van der Waals surface area contributed by atoms with E-state index >= 15 is 0 Å². The highest BCUT2D eigenvalue weighted by molar-refractivity contribution is 5.92. The average Bonchev–Trinajstić information content (AvgIpc) is 2.73. The van der Waals surface area contributed by atoms with E-state index in [0.717, 1.165) is 5.56 Å². The zero-order chi connectivity index (χ0) is 24.3. The third-order valence-corrected chi connectivity index (χ3v) is 4.59. The largest absolute Gasteiger partial charge is 0.481 e. The van der Waals surface area contributed by atoms with Gasteiger partial charge in [-0.25, -0.2) is 4.79 Å². The maximum Gasteiger partial charge on any atom is 0.326 e. The lowest BCUT2D eigenvalue weighted by atomic mass is 10.0. The number of aliphatic carboxylic acids is 2. The summed E-state index contributed by atoms with van der Waals surface area (Å²) >= 11 is 0. The van der Waals surface area contributed by atoms with Crippen molar-refractivity contribution in [2.24, 2.45) is 11.7 Å². The number of hydrogen-bond acceptors (Lipinski definition) is 6. The fourth-order valence-electron chi connectivity index (χ4n) is 2.78. The van der Waals surface area contributed by atoms with Gasteiger partial charge in [0.15, 0.2) is 0 Å². The number of nitrogens with one attached hydrogen (secondary N) is 3. The van der Waals surface area contributed by atoms with Gasteiger partial charge in [-0.15, -0.1) is 0 Å². The van der Waals surface area contributed by atoms with E-state index in [0.29, 0.717) is 0 Å². The first kappa shape index (κ1) is 26.6. The first-order valence-electron chi connectivity index (χ1n) is 10.1. The van der Waals surface area contributed by atoms with Gasteiger partial charge >= 0.3 is 11.9 Å². The van der Waals surface area contributed by atoms with E-state index in [9.17, 15) is 29.1 Å². The van der Waals surface area contributed by atoms with Gasteiger partial charge < -0.3 is 31.9 Å². The lowest BCUT2D eigenvalue weighted by Gasteiger charge is -2.23. The Kier molecular flexibility index (Phi) is 10.8. The monoisotopic (exact) mass is 450 g/mol. The summed E-state index contributed by atoms with van der Waals surface area (Å²) < 4.78 is 0. The molecule has 1 aromatic rings. The van der Waals surface area contributed by atoms with Crippen molar-refractivity contribution < 1.29 is 34.2 Å². The van der Waals surface area contributed by atoms with E-state index in [-0.39, 0.29) is 25.2 Å². The summed E-state index contributed by atoms with van der Waals surface area (Å²) in [6.07, 6.45) is -0.275. The molecule has 1 rings (SSSR count). The number of benzene rings is 1. The molecule has 3 amide bonds. The Labute approximate surface area is 185 Å². The first-order chi connectivity index (χ1) is 15.0. The molecule has 1 aromatic carbocycles. The Hall–Kier alpha value is -3.47. The van der Waals surface area contributed by atoms with Crippen LogP contribution in [0.3, 0.4) is 0 Å². The highest BCUT2D eigenvalue weighted by Crippen LogP contribution is 2.07. The van der Waals surface area contributed by atoms with Gasteiger partial charge in [-0.05, 0) is 17.9 Å². The summed E-state index contributed by atoms with van der Waals surface area (Å²) in [5.41, 5.74) is 6.33. The van der Waals surface area contributed by atoms with E-state index in [2.05, 4.69) is 16.0 Å². The van der Waals surface area contributed by atoms with Crippen molar-refractivity contribution in [3.8, 4) is 0 Å². The van der Waals surface area contributed by atoms with Crippen molar-refractivity contribution in [3.05, 3.63) is 35.9 Å². The number of carbonyl (C=O) groups is 5. The number of nitrogens with two attached hydrogens (primary N) is 1. The van der Waals surface area contributed by atoms with E-state index in [1.54, 1.807) is 44.2 Å². The smallest absolute Gasteiger partial charge is 0.326 e. The van der Waals surface area contributed by atoms with Gasteiger partial charge in [-0.3, -0.25) is 19.2 Å². The van der Waals surface area contributed by atoms with Crippen LogP contribution in [0.5, 0.6) is 0 Å². The second-order valence-electron chi connectivity index (χ2n) is 7.64. The van der Waals surface area contributed by atoms with Gasteiger partial charge in [-0.2, -0.15) is 0 Å². The zero-order valence-electron chi connectivity index (χ0n) is 18.0. The van der Waals surface area contributed by atoms with Gasteiger partial charge in [0.1, 0.15) is 12.1 Å². The van der Waals surface area contributed by atoms with Gasteiger partial charge in [0.2, 0.25) is 17.7 Å². The number of carboxylic acids is 2. The number of amides is 3. The fourth-order valence-corrected chi connectivity index (χ4v) is 2.78. The van der Waals surface area contributed by atoms with E-state index in [1.165, 1.54) is 0 Å². The van der Waals surface area contributed by atoms with E-state index in [1.807, 2.05) is 0 Å². The van der Waals surface area contributed by atoms with Crippen LogP contribution in [0.15, 0.2) is 30.3 Å². The van der Waals surface area contributed by atoms with Crippen molar-refractivity contribution in [1.29, 1.82) is 0 Å². The summed E-state index contributed by atoms with van der Waals surface area (Å²) in [5, 5.41) is 25.2. The Balaban J connectivity index is 2.79. The minimum atomic E-state index is -1.19. The highest BCUT2D eigenvalue weighted by atomic mass is 16.4. The molecule has 0 heterocycles. The van der Waals surface area contributed by atoms with Gasteiger partial charge in [0.05, 0.1) is 12.6 Å². The molecule has 0 aliphatic heterocycles. The van der Waals surface area contributed by atoms with Gasteiger partial charge in [-0.1, -0.05) is 44.2 Å². The second kappa shape index (κ2) is 13.1. The van der Waals surface area contributed by atoms with Crippen LogP contribution in [-0.2, 0) is 30.4 Å². The molecule has 176 valence electrons. The molecule has 0 aromatic heterocycles. The van der Waals surface area contributed by atoms with Crippen molar-refractivity contribution in [2.75, 3.05) is 6.54 Å². The van der Waals surface area contributed by atoms with E-state index in [4.69, 9.17) is 10.8 Å². The fraction of sp³-hybridized carbons (Fsp3) is 0.476. The average molecular weight is 450 g/mol. The molecule has 0 bridgehead atoms. The van der Waals surface area contributed by atoms with Crippen LogP contribution >= 0.6 is 0 Å². The van der Waals surface area contributed by atoms with Crippen LogP contribution in [0.4, 0.5) is 0 Å². The number of hydrogen-bond donors (Lipinski definition) is 6. The molecule has 11 nitrogen and oxygen atoms in total. The lowest BCUT2D eigenvalue weighted by Crippen LogP contribution is -2.55. The number of rotatable bonds is 13. The third-order valence-electron chi connectivity index (χ3n) is 4.59. The molecule has 11 heteroatoms. The van der Waals surface area contributed by atoms with E-state index < -0.39 is 54.3 Å². The molecule has 3 unspecified atom stereocenters. The molecule has 7 N–H and O–H groups in total. The van der Waals surface area contributed by atoms with Crippen molar-refractivity contribution in [3.63, 3.8) is 0 Å². The van der Waals surface area contributed by atoms with Gasteiger partial charge in [0.25, 0.3) is 0 Å². The molecule has 3 atom stereocenters. The minimum Gasteiger partial charge on any atom is -0.481 e. The molecule has 0 saturated carbocycles. The molecule has 0 aliphatic carbocycles. The summed E-state index contributed by atoms with van der Waals surface area (Å²) in [4.78, 5) is 59.0. The molecule has 0 aliphatic rings. The maximum atomic E-state index is 12.7. The summed E-state index contributed by atoms with van der Waals surface area (Å²) in [7, 11) is 0. The molecule has 32 heavy (non-hydrogen) atoms. The second-order valence-corrected chi connectivity index (χ2v) is 7.64. The Morgan fingerprint density at radius 3 is 2.12 bits per heavy atom. The quantitative estimate of drug-likeness (QED) is 0.226. The molecule has 0 saturated heterocycles. The Morgan fingerprint density at radius 1 is 0.969 bits per heavy atom. The topological polar surface area (TPSA) is 188 Å². The molecule has 0 spiro atoms. The summed E-state index contributed by atoms with van der Waals surface area (Å²) in [6.45, 7) is 2.81. The highest BCUT2D eigenvalue weighted by Gasteiger charge is 2.28.